The molecule has 0 aromatic heterocycles. The molecule has 25 heavy (non-hydrogen) atoms. The first-order valence-corrected chi connectivity index (χ1v) is 8.86. The number of hydrogen-bond donors (Lipinski definition) is 2. The number of hydrogen-bond acceptors (Lipinski definition) is 4. The number of carbonyl (C=O) groups excluding carboxylic acids is 1. The third-order valence-corrected chi connectivity index (χ3v) is 5.48. The van der Waals surface area contributed by atoms with E-state index in [0.717, 1.165) is 18.4 Å². The lowest BCUT2D eigenvalue weighted by atomic mass is 9.89. The number of nitrogens with zero attached hydrogens (tertiary/aromatic N) is 1. The minimum atomic E-state index is -1.33. The standard InChI is InChI=1S/C19H25NO5/c1-14-6-2-3-7-15(14)25-19(17(22)23)10-12-20(13-11-19)16(21)18(24)8-4-5-9-18/h2-3,6-7,24H,4-5,8-13H2,1H3,(H,22,23). The second-order valence-electron chi connectivity index (χ2n) is 7.20. The Balaban J connectivity index is 1.72. The van der Waals surface area contributed by atoms with Gasteiger partial charge in [-0.25, -0.2) is 4.79 Å². The monoisotopic (exact) mass is 347 g/mol. The molecule has 0 atom stereocenters. The number of rotatable bonds is 4. The Kier molecular flexibility index (Phi) is 4.73. The second-order valence-corrected chi connectivity index (χ2v) is 7.20. The zero-order chi connectivity index (χ0) is 18.1. The normalized spacial score (nSPS) is 21.8. The first-order valence-electron chi connectivity index (χ1n) is 8.86. The van der Waals surface area contributed by atoms with Crippen LogP contribution < -0.4 is 4.74 Å². The van der Waals surface area contributed by atoms with E-state index < -0.39 is 17.2 Å². The summed E-state index contributed by atoms with van der Waals surface area (Å²) in [6.07, 6.45) is 3.10. The summed E-state index contributed by atoms with van der Waals surface area (Å²) < 4.78 is 5.91. The van der Waals surface area contributed by atoms with Crippen LogP contribution in [0, 0.1) is 6.92 Å². The maximum atomic E-state index is 12.6. The molecule has 2 N–H and O–H groups in total. The first kappa shape index (κ1) is 17.7. The summed E-state index contributed by atoms with van der Waals surface area (Å²) in [5.41, 5.74) is -1.72. The molecule has 1 saturated carbocycles. The maximum Gasteiger partial charge on any atom is 0.348 e. The quantitative estimate of drug-likeness (QED) is 0.871. The van der Waals surface area contributed by atoms with Gasteiger partial charge in [-0.1, -0.05) is 18.2 Å². The molecule has 1 aliphatic heterocycles. The zero-order valence-electron chi connectivity index (χ0n) is 14.5. The van der Waals surface area contributed by atoms with Crippen molar-refractivity contribution in [2.24, 2.45) is 0 Å². The van der Waals surface area contributed by atoms with Gasteiger partial charge >= 0.3 is 5.97 Å². The Labute approximate surface area is 147 Å². The Bertz CT molecular complexity index is 658. The number of carboxylic acids is 1. The van der Waals surface area contributed by atoms with Crippen LogP contribution in [-0.2, 0) is 9.59 Å². The molecule has 1 heterocycles. The number of carbonyl (C=O) groups is 2. The SMILES string of the molecule is Cc1ccccc1OC1(C(=O)O)CCN(C(=O)C2(O)CCCC2)CC1. The summed E-state index contributed by atoms with van der Waals surface area (Å²) in [5.74, 6) is -0.721. The average molecular weight is 347 g/mol. The van der Waals surface area contributed by atoms with E-state index in [-0.39, 0.29) is 31.8 Å². The molecule has 1 amide bonds. The van der Waals surface area contributed by atoms with Gasteiger partial charge in [-0.05, 0) is 44.2 Å². The van der Waals surface area contributed by atoms with Gasteiger partial charge in [0.15, 0.2) is 0 Å². The van der Waals surface area contributed by atoms with Crippen molar-refractivity contribution in [2.75, 3.05) is 13.1 Å². The highest BCUT2D eigenvalue weighted by Gasteiger charge is 2.48. The number of carboxylic acid groups (broad SMARTS) is 1. The molecule has 0 spiro atoms. The van der Waals surface area contributed by atoms with Gasteiger partial charge < -0.3 is 19.8 Å². The topological polar surface area (TPSA) is 87.1 Å². The summed E-state index contributed by atoms with van der Waals surface area (Å²) >= 11 is 0. The van der Waals surface area contributed by atoms with Crippen LogP contribution in [0.2, 0.25) is 0 Å². The predicted octanol–water partition coefficient (Wildman–Crippen LogP) is 2.12. The van der Waals surface area contributed by atoms with Crippen molar-refractivity contribution in [3.63, 3.8) is 0 Å². The van der Waals surface area contributed by atoms with Crippen molar-refractivity contribution >= 4 is 11.9 Å². The molecule has 0 radical (unpaired) electrons. The average Bonchev–Trinajstić information content (AvgIpc) is 3.05. The van der Waals surface area contributed by atoms with Crippen LogP contribution in [0.4, 0.5) is 0 Å². The van der Waals surface area contributed by atoms with Crippen molar-refractivity contribution in [1.82, 2.24) is 4.90 Å². The summed E-state index contributed by atoms with van der Waals surface area (Å²) in [6, 6.07) is 7.32. The van der Waals surface area contributed by atoms with E-state index in [4.69, 9.17) is 4.74 Å². The van der Waals surface area contributed by atoms with Crippen LogP contribution in [-0.4, -0.2) is 51.3 Å². The molecule has 1 aliphatic carbocycles. The lowest BCUT2D eigenvalue weighted by Crippen LogP contribution is -2.57. The number of aryl methyl sites for hydroxylation is 1. The first-order chi connectivity index (χ1) is 11.9. The van der Waals surface area contributed by atoms with Crippen molar-refractivity contribution in [1.29, 1.82) is 0 Å². The van der Waals surface area contributed by atoms with E-state index >= 15 is 0 Å². The number of amides is 1. The molecule has 2 aliphatic rings. The Morgan fingerprint density at radius 2 is 1.68 bits per heavy atom. The molecule has 1 aromatic carbocycles. The van der Waals surface area contributed by atoms with Gasteiger partial charge in [-0.15, -0.1) is 0 Å². The van der Waals surface area contributed by atoms with Gasteiger partial charge in [0.25, 0.3) is 5.91 Å². The Morgan fingerprint density at radius 3 is 2.24 bits per heavy atom. The number of likely N-dealkylation sites (tertiary alicyclic amines) is 1. The molecule has 1 saturated heterocycles. The fourth-order valence-corrected chi connectivity index (χ4v) is 3.78. The number of para-hydroxylation sites is 1. The van der Waals surface area contributed by atoms with Gasteiger partial charge in [-0.3, -0.25) is 4.79 Å². The van der Waals surface area contributed by atoms with Gasteiger partial charge in [0.1, 0.15) is 11.4 Å². The maximum absolute atomic E-state index is 12.6. The molecule has 6 nitrogen and oxygen atoms in total. The minimum Gasteiger partial charge on any atom is -0.478 e. The van der Waals surface area contributed by atoms with Crippen LogP contribution in [0.1, 0.15) is 44.1 Å². The largest absolute Gasteiger partial charge is 0.478 e. The molecule has 1 aromatic rings. The number of aliphatic carboxylic acids is 1. The van der Waals surface area contributed by atoms with Crippen molar-refractivity contribution in [3.8, 4) is 5.75 Å². The van der Waals surface area contributed by atoms with E-state index in [9.17, 15) is 19.8 Å². The van der Waals surface area contributed by atoms with E-state index in [0.29, 0.717) is 18.6 Å². The lowest BCUT2D eigenvalue weighted by molar-refractivity contribution is -0.166. The van der Waals surface area contributed by atoms with Crippen molar-refractivity contribution in [3.05, 3.63) is 29.8 Å². The number of piperidine rings is 1. The predicted molar refractivity (Wildman–Crippen MR) is 91.4 cm³/mol. The lowest BCUT2D eigenvalue weighted by Gasteiger charge is -2.41. The Hall–Kier alpha value is -2.08. The van der Waals surface area contributed by atoms with E-state index in [1.54, 1.807) is 11.0 Å². The van der Waals surface area contributed by atoms with Crippen LogP contribution in [0.5, 0.6) is 5.75 Å². The molecule has 2 fully saturated rings. The van der Waals surface area contributed by atoms with Crippen LogP contribution in [0.15, 0.2) is 24.3 Å². The molecule has 0 unspecified atom stereocenters. The van der Waals surface area contributed by atoms with E-state index in [1.807, 2.05) is 25.1 Å². The molecule has 0 bridgehead atoms. The van der Waals surface area contributed by atoms with Crippen LogP contribution >= 0.6 is 0 Å². The summed E-state index contributed by atoms with van der Waals surface area (Å²) in [7, 11) is 0. The fourth-order valence-electron chi connectivity index (χ4n) is 3.78. The van der Waals surface area contributed by atoms with Gasteiger partial charge in [-0.2, -0.15) is 0 Å². The Morgan fingerprint density at radius 1 is 1.08 bits per heavy atom. The van der Waals surface area contributed by atoms with Crippen LogP contribution in [0.3, 0.4) is 0 Å². The second kappa shape index (κ2) is 6.67. The fraction of sp³-hybridized carbons (Fsp3) is 0.579. The number of aliphatic hydroxyl groups is 1. The van der Waals surface area contributed by atoms with Crippen molar-refractivity contribution < 1.29 is 24.5 Å². The highest BCUT2D eigenvalue weighted by molar-refractivity contribution is 5.86. The minimum absolute atomic E-state index is 0.207. The van der Waals surface area contributed by atoms with Gasteiger partial charge in [0.2, 0.25) is 5.60 Å². The highest BCUT2D eigenvalue weighted by atomic mass is 16.5. The summed E-state index contributed by atoms with van der Waals surface area (Å²) in [4.78, 5) is 26.1. The van der Waals surface area contributed by atoms with E-state index in [1.165, 1.54) is 0 Å². The van der Waals surface area contributed by atoms with Gasteiger partial charge in [0.05, 0.1) is 0 Å². The van der Waals surface area contributed by atoms with E-state index in [2.05, 4.69) is 0 Å². The highest BCUT2D eigenvalue weighted by Crippen LogP contribution is 2.35. The van der Waals surface area contributed by atoms with Crippen molar-refractivity contribution in [2.45, 2.75) is 56.7 Å². The molecule has 136 valence electrons. The molecule has 3 rings (SSSR count). The summed E-state index contributed by atoms with van der Waals surface area (Å²) in [5, 5.41) is 20.2. The van der Waals surface area contributed by atoms with Gasteiger partial charge in [0, 0.05) is 25.9 Å². The number of benzene rings is 1. The third kappa shape index (κ3) is 3.35. The third-order valence-electron chi connectivity index (χ3n) is 5.48. The summed E-state index contributed by atoms with van der Waals surface area (Å²) in [6.45, 7) is 2.43. The number of ether oxygens (including phenoxy) is 1. The van der Waals surface area contributed by atoms with Crippen LogP contribution in [0.25, 0.3) is 0 Å². The molecular formula is C19H25NO5. The smallest absolute Gasteiger partial charge is 0.348 e. The molecule has 6 heteroatoms. The molecular weight excluding hydrogens is 322 g/mol. The zero-order valence-corrected chi connectivity index (χ0v) is 14.5.